The summed E-state index contributed by atoms with van der Waals surface area (Å²) in [6.45, 7) is 3.80. The molecule has 2 aromatic heterocycles. The Morgan fingerprint density at radius 1 is 1.07 bits per heavy atom. The van der Waals surface area contributed by atoms with E-state index in [0.717, 1.165) is 15.6 Å². The fourth-order valence-electron chi connectivity index (χ4n) is 3.12. The van der Waals surface area contributed by atoms with E-state index in [4.69, 9.17) is 0 Å². The topological polar surface area (TPSA) is 59.3 Å². The maximum absolute atomic E-state index is 13.7. The van der Waals surface area contributed by atoms with Gasteiger partial charge in [-0.15, -0.1) is 0 Å². The van der Waals surface area contributed by atoms with Crippen LogP contribution in [0.2, 0.25) is 0 Å². The van der Waals surface area contributed by atoms with Gasteiger partial charge < -0.3 is 5.32 Å². The SMILES string of the molecule is Cc1ccc(C)c(NC(=O)c2cnn3c(C(F)F)cc(-c4ccccc4)nc23)c1. The highest BCUT2D eigenvalue weighted by molar-refractivity contribution is 6.08. The predicted molar refractivity (Wildman–Crippen MR) is 107 cm³/mol. The molecule has 0 unspecified atom stereocenters. The monoisotopic (exact) mass is 392 g/mol. The maximum atomic E-state index is 13.7. The lowest BCUT2D eigenvalue weighted by molar-refractivity contribution is 0.102. The average molecular weight is 392 g/mol. The summed E-state index contributed by atoms with van der Waals surface area (Å²) < 4.78 is 28.3. The van der Waals surface area contributed by atoms with Gasteiger partial charge in [-0.3, -0.25) is 4.79 Å². The number of aromatic nitrogens is 3. The number of carbonyl (C=O) groups is 1. The number of amides is 1. The number of benzene rings is 2. The summed E-state index contributed by atoms with van der Waals surface area (Å²) in [4.78, 5) is 17.3. The van der Waals surface area contributed by atoms with E-state index in [0.29, 0.717) is 16.9 Å². The second-order valence-electron chi connectivity index (χ2n) is 6.80. The Kier molecular flexibility index (Phi) is 4.80. The van der Waals surface area contributed by atoms with Crippen molar-refractivity contribution in [2.45, 2.75) is 20.3 Å². The second kappa shape index (κ2) is 7.43. The zero-order chi connectivity index (χ0) is 20.5. The van der Waals surface area contributed by atoms with Gasteiger partial charge in [-0.1, -0.05) is 42.5 Å². The van der Waals surface area contributed by atoms with Crippen LogP contribution in [0.1, 0.15) is 33.6 Å². The Labute approximate surface area is 166 Å². The number of nitrogens with one attached hydrogen (secondary N) is 1. The van der Waals surface area contributed by atoms with E-state index in [1.165, 1.54) is 12.3 Å². The minimum absolute atomic E-state index is 0.0875. The highest BCUT2D eigenvalue weighted by Gasteiger charge is 2.22. The predicted octanol–water partition coefficient (Wildman–Crippen LogP) is 5.20. The molecule has 0 bridgehead atoms. The number of hydrogen-bond acceptors (Lipinski definition) is 3. The molecule has 0 atom stereocenters. The van der Waals surface area contributed by atoms with E-state index < -0.39 is 12.3 Å². The molecule has 2 aromatic carbocycles. The summed E-state index contributed by atoms with van der Waals surface area (Å²) in [5.41, 5.74) is 3.48. The van der Waals surface area contributed by atoms with Crippen LogP contribution in [0.5, 0.6) is 0 Å². The summed E-state index contributed by atoms with van der Waals surface area (Å²) in [7, 11) is 0. The molecule has 0 aliphatic rings. The normalized spacial score (nSPS) is 11.2. The van der Waals surface area contributed by atoms with Crippen molar-refractivity contribution < 1.29 is 13.6 Å². The van der Waals surface area contributed by atoms with Crippen LogP contribution in [0.15, 0.2) is 60.8 Å². The van der Waals surface area contributed by atoms with Crippen molar-refractivity contribution in [3.05, 3.63) is 83.2 Å². The molecule has 29 heavy (non-hydrogen) atoms. The van der Waals surface area contributed by atoms with E-state index in [-0.39, 0.29) is 16.9 Å². The number of anilines is 1. The number of halogens is 2. The molecule has 2 heterocycles. The number of alkyl halides is 2. The lowest BCUT2D eigenvalue weighted by Crippen LogP contribution is -2.13. The van der Waals surface area contributed by atoms with Gasteiger partial charge in [-0.25, -0.2) is 18.3 Å². The summed E-state index contributed by atoms with van der Waals surface area (Å²) in [6, 6.07) is 16.0. The van der Waals surface area contributed by atoms with Gasteiger partial charge in [-0.2, -0.15) is 5.10 Å². The molecule has 5 nitrogen and oxygen atoms in total. The molecule has 0 aliphatic heterocycles. The molecule has 7 heteroatoms. The molecule has 4 aromatic rings. The Hall–Kier alpha value is -3.61. The van der Waals surface area contributed by atoms with Crippen LogP contribution in [0, 0.1) is 13.8 Å². The highest BCUT2D eigenvalue weighted by atomic mass is 19.3. The van der Waals surface area contributed by atoms with Crippen LogP contribution in [-0.2, 0) is 0 Å². The number of hydrogen-bond donors (Lipinski definition) is 1. The number of fused-ring (bicyclic) bond motifs is 1. The van der Waals surface area contributed by atoms with Gasteiger partial charge in [0.2, 0.25) is 0 Å². The van der Waals surface area contributed by atoms with Crippen molar-refractivity contribution in [3.63, 3.8) is 0 Å². The minimum Gasteiger partial charge on any atom is -0.322 e. The largest absolute Gasteiger partial charge is 0.322 e. The maximum Gasteiger partial charge on any atom is 0.280 e. The molecule has 4 rings (SSSR count). The van der Waals surface area contributed by atoms with Crippen molar-refractivity contribution >= 4 is 17.2 Å². The lowest BCUT2D eigenvalue weighted by Gasteiger charge is -2.10. The smallest absolute Gasteiger partial charge is 0.280 e. The van der Waals surface area contributed by atoms with Crippen molar-refractivity contribution in [1.82, 2.24) is 14.6 Å². The highest BCUT2D eigenvalue weighted by Crippen LogP contribution is 2.27. The van der Waals surface area contributed by atoms with Crippen LogP contribution in [0.3, 0.4) is 0 Å². The molecule has 146 valence electrons. The first-order chi connectivity index (χ1) is 13.9. The van der Waals surface area contributed by atoms with E-state index >= 15 is 0 Å². The third-order valence-electron chi connectivity index (χ3n) is 4.68. The van der Waals surface area contributed by atoms with Crippen LogP contribution in [0.4, 0.5) is 14.5 Å². The van der Waals surface area contributed by atoms with Crippen LogP contribution in [0.25, 0.3) is 16.9 Å². The zero-order valence-electron chi connectivity index (χ0n) is 15.9. The van der Waals surface area contributed by atoms with E-state index in [1.54, 1.807) is 24.3 Å². The molecule has 1 N–H and O–H groups in total. The fraction of sp³-hybridized carbons (Fsp3) is 0.136. The standard InChI is InChI=1S/C22H18F2N4O/c1-13-8-9-14(2)17(10-13)27-22(29)16-12-25-28-19(20(23)24)11-18(26-21(16)28)15-6-4-3-5-7-15/h3-12,20H,1-2H3,(H,27,29). The van der Waals surface area contributed by atoms with E-state index in [1.807, 2.05) is 38.1 Å². The number of carbonyl (C=O) groups excluding carboxylic acids is 1. The molecule has 0 fully saturated rings. The molecule has 0 aliphatic carbocycles. The first kappa shape index (κ1) is 18.7. The first-order valence-corrected chi connectivity index (χ1v) is 9.05. The van der Waals surface area contributed by atoms with Gasteiger partial charge in [0.05, 0.1) is 11.9 Å². The number of rotatable bonds is 4. The van der Waals surface area contributed by atoms with Gasteiger partial charge in [0.1, 0.15) is 11.3 Å². The average Bonchev–Trinajstić information content (AvgIpc) is 3.14. The van der Waals surface area contributed by atoms with Gasteiger partial charge >= 0.3 is 0 Å². The fourth-order valence-corrected chi connectivity index (χ4v) is 3.12. The Balaban J connectivity index is 1.82. The molecule has 1 amide bonds. The van der Waals surface area contributed by atoms with Crippen LogP contribution < -0.4 is 5.32 Å². The van der Waals surface area contributed by atoms with E-state index in [2.05, 4.69) is 15.4 Å². The summed E-state index contributed by atoms with van der Waals surface area (Å²) in [6.07, 6.45) is -1.50. The van der Waals surface area contributed by atoms with Gasteiger partial charge in [0.25, 0.3) is 12.3 Å². The van der Waals surface area contributed by atoms with Gasteiger partial charge in [0, 0.05) is 11.3 Å². The molecule has 0 saturated heterocycles. The van der Waals surface area contributed by atoms with Crippen LogP contribution >= 0.6 is 0 Å². The minimum atomic E-state index is -2.77. The quantitative estimate of drug-likeness (QED) is 0.519. The third-order valence-corrected chi connectivity index (χ3v) is 4.68. The first-order valence-electron chi connectivity index (χ1n) is 9.05. The van der Waals surface area contributed by atoms with Crippen molar-refractivity contribution in [3.8, 4) is 11.3 Å². The molecule has 0 radical (unpaired) electrons. The molecule has 0 saturated carbocycles. The van der Waals surface area contributed by atoms with Crippen molar-refractivity contribution in [2.24, 2.45) is 0 Å². The third kappa shape index (κ3) is 3.59. The van der Waals surface area contributed by atoms with E-state index in [9.17, 15) is 13.6 Å². The van der Waals surface area contributed by atoms with Crippen LogP contribution in [-0.4, -0.2) is 20.5 Å². The van der Waals surface area contributed by atoms with Crippen molar-refractivity contribution in [2.75, 3.05) is 5.32 Å². The summed E-state index contributed by atoms with van der Waals surface area (Å²) in [5, 5.41) is 6.82. The van der Waals surface area contributed by atoms with Crippen molar-refractivity contribution in [1.29, 1.82) is 0 Å². The Bertz CT molecular complexity index is 1200. The number of nitrogens with zero attached hydrogens (tertiary/aromatic N) is 3. The second-order valence-corrected chi connectivity index (χ2v) is 6.80. The summed E-state index contributed by atoms with van der Waals surface area (Å²) >= 11 is 0. The van der Waals surface area contributed by atoms with Gasteiger partial charge in [0.15, 0.2) is 5.65 Å². The molecule has 0 spiro atoms. The Morgan fingerprint density at radius 3 is 2.55 bits per heavy atom. The zero-order valence-corrected chi connectivity index (χ0v) is 15.9. The Morgan fingerprint density at radius 2 is 1.83 bits per heavy atom. The van der Waals surface area contributed by atoms with Gasteiger partial charge in [-0.05, 0) is 37.1 Å². The molecular weight excluding hydrogens is 374 g/mol. The number of aryl methyl sites for hydroxylation is 2. The molecular formula is C22H18F2N4O. The lowest BCUT2D eigenvalue weighted by atomic mass is 10.1. The summed E-state index contributed by atoms with van der Waals surface area (Å²) in [5.74, 6) is -0.452.